The van der Waals surface area contributed by atoms with E-state index in [0.29, 0.717) is 0 Å². The summed E-state index contributed by atoms with van der Waals surface area (Å²) in [7, 11) is 0. The largest absolute Gasteiger partial charge is 0.258 e. The van der Waals surface area contributed by atoms with Gasteiger partial charge in [0.05, 0.1) is 0 Å². The fraction of sp³-hybridized carbons (Fsp3) is 0.438. The smallest absolute Gasteiger partial charge is 0.0450 e. The van der Waals surface area contributed by atoms with E-state index in [1.54, 1.807) is 0 Å². The van der Waals surface area contributed by atoms with Crippen LogP contribution in [0.2, 0.25) is 0 Å². The van der Waals surface area contributed by atoms with Crippen LogP contribution >= 0.6 is 0 Å². The lowest BCUT2D eigenvalue weighted by atomic mass is 9.82. The molecule has 0 aromatic heterocycles. The molecule has 0 amide bonds. The minimum Gasteiger partial charge on any atom is -0.258 e. The van der Waals surface area contributed by atoms with E-state index in [0.717, 1.165) is 11.4 Å². The molecule has 0 atom stereocenters. The van der Waals surface area contributed by atoms with Crippen molar-refractivity contribution in [3.05, 3.63) is 47.2 Å². The van der Waals surface area contributed by atoms with Crippen molar-refractivity contribution in [3.8, 4) is 0 Å². The van der Waals surface area contributed by atoms with Crippen LogP contribution in [0.5, 0.6) is 0 Å². The molecular weight excluding hydrogens is 206 g/mol. The summed E-state index contributed by atoms with van der Waals surface area (Å²) in [4.78, 5) is 4.45. The van der Waals surface area contributed by atoms with E-state index < -0.39 is 0 Å². The lowest BCUT2D eigenvalue weighted by molar-refractivity contribution is 0.586. The van der Waals surface area contributed by atoms with Gasteiger partial charge < -0.3 is 0 Å². The minimum absolute atomic E-state index is 0.170. The van der Waals surface area contributed by atoms with Crippen LogP contribution in [-0.2, 0) is 5.41 Å². The van der Waals surface area contributed by atoms with E-state index in [-0.39, 0.29) is 5.41 Å². The fourth-order valence-corrected chi connectivity index (χ4v) is 2.19. The summed E-state index contributed by atoms with van der Waals surface area (Å²) >= 11 is 0. The molecular formula is C16H23N. The van der Waals surface area contributed by atoms with Crippen molar-refractivity contribution in [1.29, 1.82) is 0 Å². The molecule has 0 bridgehead atoms. The number of hydrogen-bond acceptors (Lipinski definition) is 1. The van der Waals surface area contributed by atoms with Gasteiger partial charge >= 0.3 is 0 Å². The number of benzene rings is 1. The molecule has 0 fully saturated rings. The minimum atomic E-state index is 0.170. The van der Waals surface area contributed by atoms with Gasteiger partial charge in [-0.1, -0.05) is 45.5 Å². The molecule has 0 saturated carbocycles. The number of allylic oxidation sites excluding steroid dienone is 1. The van der Waals surface area contributed by atoms with Crippen molar-refractivity contribution in [1.82, 2.24) is 0 Å². The third-order valence-electron chi connectivity index (χ3n) is 2.89. The molecule has 0 radical (unpaired) electrons. The molecule has 1 nitrogen and oxygen atoms in total. The first-order chi connectivity index (χ1) is 7.73. The maximum Gasteiger partial charge on any atom is 0.0450 e. The van der Waals surface area contributed by atoms with E-state index in [4.69, 9.17) is 0 Å². The SMILES string of the molecule is C=C(C)N=C(C)c1cccc(C(C)(C)C)c1C. The molecule has 0 aliphatic carbocycles. The Labute approximate surface area is 105 Å². The predicted octanol–water partition coefficient (Wildman–Crippen LogP) is 4.64. The molecule has 17 heavy (non-hydrogen) atoms. The quantitative estimate of drug-likeness (QED) is 0.655. The molecule has 1 rings (SSSR count). The Morgan fingerprint density at radius 2 is 1.76 bits per heavy atom. The van der Waals surface area contributed by atoms with Gasteiger partial charge in [0.15, 0.2) is 0 Å². The molecule has 0 unspecified atom stereocenters. The summed E-state index contributed by atoms with van der Waals surface area (Å²) < 4.78 is 0. The van der Waals surface area contributed by atoms with Gasteiger partial charge in [0.1, 0.15) is 0 Å². The molecule has 0 aliphatic rings. The monoisotopic (exact) mass is 229 g/mol. The van der Waals surface area contributed by atoms with Gasteiger partial charge in [-0.05, 0) is 42.9 Å². The van der Waals surface area contributed by atoms with Gasteiger partial charge in [-0.15, -0.1) is 0 Å². The van der Waals surface area contributed by atoms with Crippen molar-refractivity contribution < 1.29 is 0 Å². The number of hydrogen-bond donors (Lipinski definition) is 0. The Hall–Kier alpha value is -1.37. The van der Waals surface area contributed by atoms with Crippen LogP contribution in [0.4, 0.5) is 0 Å². The lowest BCUT2D eigenvalue weighted by Crippen LogP contribution is -2.15. The van der Waals surface area contributed by atoms with Gasteiger partial charge in [0.2, 0.25) is 0 Å². The molecule has 0 aliphatic heterocycles. The van der Waals surface area contributed by atoms with E-state index in [1.165, 1.54) is 16.7 Å². The molecule has 1 heteroatoms. The van der Waals surface area contributed by atoms with Crippen LogP contribution < -0.4 is 0 Å². The molecule has 92 valence electrons. The van der Waals surface area contributed by atoms with Crippen LogP contribution in [0.25, 0.3) is 0 Å². The first kappa shape index (κ1) is 13.7. The second-order valence-electron chi connectivity index (χ2n) is 5.66. The Balaban J connectivity index is 3.34. The normalized spacial score (nSPS) is 12.7. The number of rotatable bonds is 2. The molecule has 0 N–H and O–H groups in total. The number of nitrogens with zero attached hydrogens (tertiary/aromatic N) is 1. The number of aliphatic imine (C=N–C) groups is 1. The van der Waals surface area contributed by atoms with E-state index >= 15 is 0 Å². The Kier molecular flexibility index (Phi) is 3.92. The van der Waals surface area contributed by atoms with Crippen molar-refractivity contribution in [3.63, 3.8) is 0 Å². The Morgan fingerprint density at radius 1 is 1.18 bits per heavy atom. The van der Waals surface area contributed by atoms with Crippen molar-refractivity contribution in [2.24, 2.45) is 4.99 Å². The molecule has 0 heterocycles. The summed E-state index contributed by atoms with van der Waals surface area (Å²) in [6, 6.07) is 6.44. The summed E-state index contributed by atoms with van der Waals surface area (Å²) in [5.41, 5.74) is 5.99. The van der Waals surface area contributed by atoms with Crippen LogP contribution in [0.1, 0.15) is 51.3 Å². The van der Waals surface area contributed by atoms with Crippen LogP contribution in [0.3, 0.4) is 0 Å². The third-order valence-corrected chi connectivity index (χ3v) is 2.89. The van der Waals surface area contributed by atoms with Crippen molar-refractivity contribution in [2.45, 2.75) is 47.0 Å². The molecule has 0 saturated heterocycles. The van der Waals surface area contributed by atoms with E-state index in [9.17, 15) is 0 Å². The van der Waals surface area contributed by atoms with Crippen LogP contribution in [0.15, 0.2) is 35.5 Å². The summed E-state index contributed by atoms with van der Waals surface area (Å²) in [5, 5.41) is 0. The summed E-state index contributed by atoms with van der Waals surface area (Å²) in [6.45, 7) is 16.7. The second-order valence-corrected chi connectivity index (χ2v) is 5.66. The van der Waals surface area contributed by atoms with Crippen LogP contribution in [0, 0.1) is 6.92 Å². The Morgan fingerprint density at radius 3 is 2.24 bits per heavy atom. The van der Waals surface area contributed by atoms with Gasteiger partial charge in [0, 0.05) is 11.4 Å². The zero-order chi connectivity index (χ0) is 13.2. The van der Waals surface area contributed by atoms with Crippen molar-refractivity contribution in [2.75, 3.05) is 0 Å². The van der Waals surface area contributed by atoms with E-state index in [1.807, 2.05) is 13.8 Å². The third kappa shape index (κ3) is 3.29. The van der Waals surface area contributed by atoms with Gasteiger partial charge in [-0.3, -0.25) is 4.99 Å². The van der Waals surface area contributed by atoms with Gasteiger partial charge in [-0.25, -0.2) is 0 Å². The topological polar surface area (TPSA) is 12.4 Å². The van der Waals surface area contributed by atoms with Gasteiger partial charge in [-0.2, -0.15) is 0 Å². The first-order valence-corrected chi connectivity index (χ1v) is 6.04. The molecule has 1 aromatic carbocycles. The van der Waals surface area contributed by atoms with E-state index in [2.05, 4.69) is 57.5 Å². The maximum atomic E-state index is 4.45. The summed E-state index contributed by atoms with van der Waals surface area (Å²) in [6.07, 6.45) is 0. The average molecular weight is 229 g/mol. The first-order valence-electron chi connectivity index (χ1n) is 6.04. The zero-order valence-electron chi connectivity index (χ0n) is 11.9. The standard InChI is InChI=1S/C16H23N/c1-11(2)17-13(4)14-9-8-10-15(12(14)3)16(5,6)7/h8-10H,1H2,2-7H3. The summed E-state index contributed by atoms with van der Waals surface area (Å²) in [5.74, 6) is 0. The Bertz CT molecular complexity index is 459. The average Bonchev–Trinajstić information content (AvgIpc) is 2.14. The highest BCUT2D eigenvalue weighted by Gasteiger charge is 2.18. The highest BCUT2D eigenvalue weighted by Crippen LogP contribution is 2.27. The molecule has 1 aromatic rings. The van der Waals surface area contributed by atoms with Crippen LogP contribution in [-0.4, -0.2) is 5.71 Å². The predicted molar refractivity (Wildman–Crippen MR) is 76.9 cm³/mol. The molecule has 0 spiro atoms. The fourth-order valence-electron chi connectivity index (χ4n) is 2.19. The lowest BCUT2D eigenvalue weighted by Gasteiger charge is -2.23. The highest BCUT2D eigenvalue weighted by atomic mass is 14.7. The second kappa shape index (κ2) is 4.87. The van der Waals surface area contributed by atoms with Gasteiger partial charge in [0.25, 0.3) is 0 Å². The maximum absolute atomic E-state index is 4.45. The van der Waals surface area contributed by atoms with Crippen molar-refractivity contribution >= 4 is 5.71 Å². The zero-order valence-corrected chi connectivity index (χ0v) is 11.9. The highest BCUT2D eigenvalue weighted by molar-refractivity contribution is 6.00.